The lowest BCUT2D eigenvalue weighted by atomic mass is 10.0. The molecular formula is C21H35N3O6. The second kappa shape index (κ2) is 9.66. The van der Waals surface area contributed by atoms with Crippen molar-refractivity contribution >= 4 is 23.9 Å². The molecule has 0 bridgehead atoms. The summed E-state index contributed by atoms with van der Waals surface area (Å²) in [5, 5.41) is 2.62. The lowest BCUT2D eigenvalue weighted by Crippen LogP contribution is -2.60. The first kappa shape index (κ1) is 24.0. The minimum absolute atomic E-state index is 0.0424. The molecule has 2 rings (SSSR count). The Labute approximate surface area is 178 Å². The van der Waals surface area contributed by atoms with Gasteiger partial charge in [-0.3, -0.25) is 9.59 Å². The van der Waals surface area contributed by atoms with Crippen LogP contribution in [0.5, 0.6) is 0 Å². The molecule has 9 nitrogen and oxygen atoms in total. The molecule has 2 heterocycles. The summed E-state index contributed by atoms with van der Waals surface area (Å²) >= 11 is 0. The standard InChI is InChI=1S/C21H35N3O6/c1-13(2)11-17(25)23-10-9-14-7-8-16(19(27)29-6)24(14)18(26)15(12-23)22-20(28)30-21(3,4)5/h13-16H,7-12H2,1-6H3,(H,22,28). The van der Waals surface area contributed by atoms with Crippen molar-refractivity contribution < 1.29 is 28.7 Å². The summed E-state index contributed by atoms with van der Waals surface area (Å²) in [5.74, 6) is -0.719. The molecule has 3 unspecified atom stereocenters. The normalized spacial score (nSPS) is 24.8. The molecular weight excluding hydrogens is 390 g/mol. The van der Waals surface area contributed by atoms with Crippen molar-refractivity contribution in [3.63, 3.8) is 0 Å². The fraction of sp³-hybridized carbons (Fsp3) is 0.810. The van der Waals surface area contributed by atoms with E-state index in [4.69, 9.17) is 9.47 Å². The van der Waals surface area contributed by atoms with E-state index in [-0.39, 0.29) is 30.3 Å². The molecule has 2 aliphatic heterocycles. The number of methoxy groups -OCH3 is 1. The summed E-state index contributed by atoms with van der Waals surface area (Å²) in [7, 11) is 1.30. The first-order chi connectivity index (χ1) is 13.9. The number of nitrogens with one attached hydrogen (secondary N) is 1. The number of fused-ring (bicyclic) bond motifs is 1. The van der Waals surface area contributed by atoms with Gasteiger partial charge in [0, 0.05) is 19.0 Å². The molecule has 3 amide bonds. The SMILES string of the molecule is COC(=O)C1CCC2CCN(C(=O)CC(C)C)CC(NC(=O)OC(C)(C)C)C(=O)N21. The monoisotopic (exact) mass is 425 g/mol. The molecule has 9 heteroatoms. The second-order valence-electron chi connectivity index (χ2n) is 9.44. The smallest absolute Gasteiger partial charge is 0.408 e. The van der Waals surface area contributed by atoms with E-state index in [0.29, 0.717) is 32.2 Å². The van der Waals surface area contributed by atoms with Gasteiger partial charge in [-0.1, -0.05) is 13.8 Å². The Kier molecular flexibility index (Phi) is 7.71. The van der Waals surface area contributed by atoms with Crippen LogP contribution in [0.1, 0.15) is 60.3 Å². The van der Waals surface area contributed by atoms with Crippen molar-refractivity contribution in [2.45, 2.75) is 84.0 Å². The number of carbonyl (C=O) groups is 4. The van der Waals surface area contributed by atoms with Crippen LogP contribution in [0, 0.1) is 5.92 Å². The molecule has 2 aliphatic rings. The van der Waals surface area contributed by atoms with Crippen LogP contribution in [0.15, 0.2) is 0 Å². The van der Waals surface area contributed by atoms with Crippen LogP contribution in [-0.4, -0.2) is 77.6 Å². The summed E-state index contributed by atoms with van der Waals surface area (Å²) in [5.41, 5.74) is -0.730. The number of nitrogens with zero attached hydrogens (tertiary/aromatic N) is 2. The minimum Gasteiger partial charge on any atom is -0.467 e. The number of hydrogen-bond donors (Lipinski definition) is 1. The maximum Gasteiger partial charge on any atom is 0.408 e. The first-order valence-corrected chi connectivity index (χ1v) is 10.6. The Morgan fingerprint density at radius 3 is 2.40 bits per heavy atom. The van der Waals surface area contributed by atoms with E-state index < -0.39 is 29.7 Å². The molecule has 170 valence electrons. The average Bonchev–Trinajstić information content (AvgIpc) is 3.02. The van der Waals surface area contributed by atoms with Gasteiger partial charge < -0.3 is 24.6 Å². The van der Waals surface area contributed by atoms with E-state index in [1.165, 1.54) is 12.0 Å². The van der Waals surface area contributed by atoms with Gasteiger partial charge in [0.15, 0.2) is 0 Å². The van der Waals surface area contributed by atoms with Crippen LogP contribution < -0.4 is 5.32 Å². The first-order valence-electron chi connectivity index (χ1n) is 10.6. The van der Waals surface area contributed by atoms with Gasteiger partial charge >= 0.3 is 12.1 Å². The summed E-state index contributed by atoms with van der Waals surface area (Å²) in [6.07, 6.45) is 1.37. The lowest BCUT2D eigenvalue weighted by molar-refractivity contribution is -0.154. The number of amides is 3. The zero-order valence-corrected chi connectivity index (χ0v) is 18.9. The van der Waals surface area contributed by atoms with Gasteiger partial charge in [0.05, 0.1) is 13.7 Å². The molecule has 0 saturated carbocycles. The highest BCUT2D eigenvalue weighted by Gasteiger charge is 2.46. The van der Waals surface area contributed by atoms with E-state index >= 15 is 0 Å². The molecule has 0 aromatic rings. The van der Waals surface area contributed by atoms with Gasteiger partial charge in [-0.2, -0.15) is 0 Å². The summed E-state index contributed by atoms with van der Waals surface area (Å²) < 4.78 is 10.2. The maximum atomic E-state index is 13.4. The summed E-state index contributed by atoms with van der Waals surface area (Å²) in [6.45, 7) is 9.62. The Morgan fingerprint density at radius 2 is 1.83 bits per heavy atom. The van der Waals surface area contributed by atoms with Gasteiger partial charge in [0.2, 0.25) is 11.8 Å². The van der Waals surface area contributed by atoms with Gasteiger partial charge in [0.25, 0.3) is 0 Å². The molecule has 2 fully saturated rings. The van der Waals surface area contributed by atoms with Crippen LogP contribution in [0.3, 0.4) is 0 Å². The van der Waals surface area contributed by atoms with Gasteiger partial charge in [-0.05, 0) is 46.0 Å². The van der Waals surface area contributed by atoms with E-state index in [9.17, 15) is 19.2 Å². The molecule has 0 radical (unpaired) electrons. The van der Waals surface area contributed by atoms with Crippen molar-refractivity contribution in [3.05, 3.63) is 0 Å². The zero-order chi connectivity index (χ0) is 22.6. The van der Waals surface area contributed by atoms with Crippen LogP contribution in [0.4, 0.5) is 4.79 Å². The number of alkyl carbamates (subject to hydrolysis) is 1. The molecule has 0 aromatic heterocycles. The minimum atomic E-state index is -0.996. The van der Waals surface area contributed by atoms with Crippen LogP contribution >= 0.6 is 0 Å². The Balaban J connectivity index is 2.28. The van der Waals surface area contributed by atoms with Crippen LogP contribution in [0.2, 0.25) is 0 Å². The van der Waals surface area contributed by atoms with Gasteiger partial charge in [0.1, 0.15) is 17.7 Å². The topological polar surface area (TPSA) is 105 Å². The fourth-order valence-electron chi connectivity index (χ4n) is 4.00. The van der Waals surface area contributed by atoms with Crippen molar-refractivity contribution in [2.24, 2.45) is 5.92 Å². The summed E-state index contributed by atoms with van der Waals surface area (Å²) in [6, 6.07) is -1.85. The predicted octanol–water partition coefficient (Wildman–Crippen LogP) is 1.69. The number of carbonyl (C=O) groups excluding carboxylic acids is 4. The third-order valence-corrected chi connectivity index (χ3v) is 5.29. The molecule has 30 heavy (non-hydrogen) atoms. The molecule has 1 N–H and O–H groups in total. The van der Waals surface area contributed by atoms with Crippen molar-refractivity contribution in [1.29, 1.82) is 0 Å². The molecule has 0 aromatic carbocycles. The van der Waals surface area contributed by atoms with Crippen molar-refractivity contribution in [2.75, 3.05) is 20.2 Å². The number of ether oxygens (including phenoxy) is 2. The van der Waals surface area contributed by atoms with Gasteiger partial charge in [-0.25, -0.2) is 9.59 Å². The average molecular weight is 426 g/mol. The number of rotatable bonds is 4. The highest BCUT2D eigenvalue weighted by atomic mass is 16.6. The van der Waals surface area contributed by atoms with E-state index in [0.717, 1.165) is 0 Å². The third kappa shape index (κ3) is 6.09. The summed E-state index contributed by atoms with van der Waals surface area (Å²) in [4.78, 5) is 53.9. The van der Waals surface area contributed by atoms with E-state index in [2.05, 4.69) is 5.32 Å². The largest absolute Gasteiger partial charge is 0.467 e. The molecule has 0 aliphatic carbocycles. The zero-order valence-electron chi connectivity index (χ0n) is 18.9. The Morgan fingerprint density at radius 1 is 1.17 bits per heavy atom. The van der Waals surface area contributed by atoms with Crippen molar-refractivity contribution in [3.8, 4) is 0 Å². The number of esters is 1. The highest BCUT2D eigenvalue weighted by Crippen LogP contribution is 2.30. The van der Waals surface area contributed by atoms with Crippen LogP contribution in [-0.2, 0) is 23.9 Å². The Bertz CT molecular complexity index is 672. The lowest BCUT2D eigenvalue weighted by Gasteiger charge is -2.38. The second-order valence-corrected chi connectivity index (χ2v) is 9.44. The molecule has 3 atom stereocenters. The molecule has 2 saturated heterocycles. The highest BCUT2D eigenvalue weighted by molar-refractivity contribution is 5.91. The predicted molar refractivity (Wildman–Crippen MR) is 109 cm³/mol. The van der Waals surface area contributed by atoms with E-state index in [1.54, 1.807) is 25.7 Å². The van der Waals surface area contributed by atoms with Crippen LogP contribution in [0.25, 0.3) is 0 Å². The molecule has 0 spiro atoms. The quantitative estimate of drug-likeness (QED) is 0.687. The Hall–Kier alpha value is -2.32. The van der Waals surface area contributed by atoms with Gasteiger partial charge in [-0.15, -0.1) is 0 Å². The van der Waals surface area contributed by atoms with E-state index in [1.807, 2.05) is 13.8 Å². The third-order valence-electron chi connectivity index (χ3n) is 5.29. The number of hydrogen-bond acceptors (Lipinski definition) is 6. The fourth-order valence-corrected chi connectivity index (χ4v) is 4.00. The van der Waals surface area contributed by atoms with Crippen molar-refractivity contribution in [1.82, 2.24) is 15.1 Å². The maximum absolute atomic E-state index is 13.4.